The van der Waals surface area contributed by atoms with E-state index in [2.05, 4.69) is 15.5 Å². The molecule has 0 aliphatic carbocycles. The zero-order chi connectivity index (χ0) is 18.4. The molecule has 0 bridgehead atoms. The summed E-state index contributed by atoms with van der Waals surface area (Å²) in [6.45, 7) is 0. The minimum atomic E-state index is -0.159. The van der Waals surface area contributed by atoms with Crippen LogP contribution in [-0.2, 0) is 4.79 Å². The number of carbonyl (C=O) groups excluding carboxylic acids is 1. The number of halogens is 2. The second kappa shape index (κ2) is 9.07. The van der Waals surface area contributed by atoms with Crippen molar-refractivity contribution >= 4 is 46.9 Å². The summed E-state index contributed by atoms with van der Waals surface area (Å²) in [7, 11) is 0. The average molecular weight is 408 g/mol. The van der Waals surface area contributed by atoms with Gasteiger partial charge in [-0.3, -0.25) is 10.1 Å². The summed E-state index contributed by atoms with van der Waals surface area (Å²) >= 11 is 13.4. The van der Waals surface area contributed by atoms with Gasteiger partial charge in [-0.2, -0.15) is 0 Å². The van der Waals surface area contributed by atoms with E-state index in [0.29, 0.717) is 22.4 Å². The van der Waals surface area contributed by atoms with Crippen LogP contribution < -0.4 is 5.32 Å². The molecule has 0 radical (unpaired) electrons. The maximum Gasteiger partial charge on any atom is 0.322 e. The highest BCUT2D eigenvalue weighted by Crippen LogP contribution is 2.23. The van der Waals surface area contributed by atoms with Gasteiger partial charge in [-0.1, -0.05) is 28.3 Å². The van der Waals surface area contributed by atoms with Gasteiger partial charge in [-0.15, -0.1) is 16.9 Å². The largest absolute Gasteiger partial charge is 0.403 e. The van der Waals surface area contributed by atoms with E-state index in [1.165, 1.54) is 0 Å². The maximum atomic E-state index is 12.0. The summed E-state index contributed by atoms with van der Waals surface area (Å²) < 4.78 is 5.45. The Balaban J connectivity index is 1.43. The lowest BCUT2D eigenvalue weighted by molar-refractivity contribution is -0.116. The quantitative estimate of drug-likeness (QED) is 0.410. The van der Waals surface area contributed by atoms with Crippen LogP contribution in [0.3, 0.4) is 0 Å². The minimum Gasteiger partial charge on any atom is -0.403 e. The van der Waals surface area contributed by atoms with E-state index >= 15 is 0 Å². The number of benzene rings is 2. The lowest BCUT2D eigenvalue weighted by Gasteiger charge is -2.02. The third kappa shape index (κ3) is 5.49. The second-order valence-corrected chi connectivity index (χ2v) is 7.41. The predicted molar refractivity (Wildman–Crippen MR) is 105 cm³/mol. The smallest absolute Gasteiger partial charge is 0.322 e. The fourth-order valence-electron chi connectivity index (χ4n) is 2.12. The molecule has 3 rings (SSSR count). The van der Waals surface area contributed by atoms with Crippen molar-refractivity contribution in [2.24, 2.45) is 0 Å². The van der Waals surface area contributed by atoms with Gasteiger partial charge in [0, 0.05) is 26.9 Å². The molecule has 1 aromatic heterocycles. The van der Waals surface area contributed by atoms with Crippen LogP contribution in [0.2, 0.25) is 10.0 Å². The Labute approximate surface area is 165 Å². The molecular weight excluding hydrogens is 393 g/mol. The van der Waals surface area contributed by atoms with Crippen molar-refractivity contribution in [1.29, 1.82) is 0 Å². The standard InChI is InChI=1S/C18H15Cl2N3O2S/c19-13-5-3-12(4-6-13)17-22-23-18(25-17)21-16(24)2-1-11-26-15-9-7-14(20)8-10-15/h3-10H,1-2,11H2,(H,21,23,24). The normalized spacial score (nSPS) is 10.7. The zero-order valence-electron chi connectivity index (χ0n) is 13.6. The fourth-order valence-corrected chi connectivity index (χ4v) is 3.22. The van der Waals surface area contributed by atoms with Crippen molar-refractivity contribution in [3.63, 3.8) is 0 Å². The van der Waals surface area contributed by atoms with Gasteiger partial charge in [-0.05, 0) is 60.7 Å². The first kappa shape index (κ1) is 18.8. The highest BCUT2D eigenvalue weighted by molar-refractivity contribution is 7.99. The molecule has 3 aromatic rings. The number of amides is 1. The molecule has 0 aliphatic rings. The number of carbonyl (C=O) groups is 1. The molecule has 0 aliphatic heterocycles. The minimum absolute atomic E-state index is 0.0882. The first-order valence-corrected chi connectivity index (χ1v) is 9.62. The molecule has 134 valence electrons. The Morgan fingerprint density at radius 2 is 1.65 bits per heavy atom. The summed E-state index contributed by atoms with van der Waals surface area (Å²) in [6, 6.07) is 14.7. The Bertz CT molecular complexity index is 867. The third-order valence-electron chi connectivity index (χ3n) is 3.39. The zero-order valence-corrected chi connectivity index (χ0v) is 15.9. The average Bonchev–Trinajstić information content (AvgIpc) is 3.09. The van der Waals surface area contributed by atoms with Gasteiger partial charge in [0.25, 0.3) is 0 Å². The monoisotopic (exact) mass is 407 g/mol. The molecule has 0 fully saturated rings. The first-order chi connectivity index (χ1) is 12.6. The van der Waals surface area contributed by atoms with Gasteiger partial charge in [0.15, 0.2) is 0 Å². The number of nitrogens with one attached hydrogen (secondary N) is 1. The molecule has 0 saturated carbocycles. The van der Waals surface area contributed by atoms with Crippen LogP contribution in [-0.4, -0.2) is 21.9 Å². The van der Waals surface area contributed by atoms with Crippen LogP contribution in [0.1, 0.15) is 12.8 Å². The van der Waals surface area contributed by atoms with Gasteiger partial charge in [0.05, 0.1) is 0 Å². The van der Waals surface area contributed by atoms with Gasteiger partial charge in [0.2, 0.25) is 11.8 Å². The SMILES string of the molecule is O=C(CCCSc1ccc(Cl)cc1)Nc1nnc(-c2ccc(Cl)cc2)o1. The van der Waals surface area contributed by atoms with Crippen LogP contribution in [0.15, 0.2) is 57.8 Å². The lowest BCUT2D eigenvalue weighted by Crippen LogP contribution is -2.11. The predicted octanol–water partition coefficient (Wildman–Crippen LogP) is 5.55. The molecule has 1 amide bonds. The van der Waals surface area contributed by atoms with Gasteiger partial charge in [-0.25, -0.2) is 0 Å². The molecule has 0 atom stereocenters. The Morgan fingerprint density at radius 3 is 2.35 bits per heavy atom. The summed E-state index contributed by atoms with van der Waals surface area (Å²) in [4.78, 5) is 13.1. The molecule has 26 heavy (non-hydrogen) atoms. The van der Waals surface area contributed by atoms with Crippen molar-refractivity contribution in [2.45, 2.75) is 17.7 Å². The van der Waals surface area contributed by atoms with Gasteiger partial charge < -0.3 is 4.42 Å². The highest BCUT2D eigenvalue weighted by Gasteiger charge is 2.11. The summed E-state index contributed by atoms with van der Waals surface area (Å²) in [5, 5.41) is 11.7. The number of aromatic nitrogens is 2. The van der Waals surface area contributed by atoms with Gasteiger partial charge >= 0.3 is 6.01 Å². The first-order valence-electron chi connectivity index (χ1n) is 7.88. The van der Waals surface area contributed by atoms with Crippen LogP contribution in [0.5, 0.6) is 0 Å². The number of hydrogen-bond acceptors (Lipinski definition) is 5. The van der Waals surface area contributed by atoms with Crippen molar-refractivity contribution in [3.05, 3.63) is 58.6 Å². The summed E-state index contributed by atoms with van der Waals surface area (Å²) in [5.74, 6) is 0.998. The number of thioether (sulfide) groups is 1. The van der Waals surface area contributed by atoms with E-state index in [1.807, 2.05) is 24.3 Å². The van der Waals surface area contributed by atoms with E-state index in [4.69, 9.17) is 27.6 Å². The Hall–Kier alpha value is -2.02. The molecule has 0 saturated heterocycles. The van der Waals surface area contributed by atoms with E-state index in [9.17, 15) is 4.79 Å². The molecular formula is C18H15Cl2N3O2S. The highest BCUT2D eigenvalue weighted by atomic mass is 35.5. The summed E-state index contributed by atoms with van der Waals surface area (Å²) in [6.07, 6.45) is 1.11. The van der Waals surface area contributed by atoms with Crippen LogP contribution in [0.4, 0.5) is 6.01 Å². The molecule has 0 spiro atoms. The summed E-state index contributed by atoms with van der Waals surface area (Å²) in [5.41, 5.74) is 0.738. The molecule has 0 unspecified atom stereocenters. The van der Waals surface area contributed by atoms with E-state index in [-0.39, 0.29) is 11.9 Å². The second-order valence-electron chi connectivity index (χ2n) is 5.37. The van der Waals surface area contributed by atoms with E-state index in [0.717, 1.165) is 22.6 Å². The van der Waals surface area contributed by atoms with Crippen molar-refractivity contribution < 1.29 is 9.21 Å². The fraction of sp³-hybridized carbons (Fsp3) is 0.167. The van der Waals surface area contributed by atoms with E-state index in [1.54, 1.807) is 36.0 Å². The van der Waals surface area contributed by atoms with Crippen LogP contribution >= 0.6 is 35.0 Å². The van der Waals surface area contributed by atoms with E-state index < -0.39 is 0 Å². The maximum absolute atomic E-state index is 12.0. The van der Waals surface area contributed by atoms with Crippen LogP contribution in [0, 0.1) is 0 Å². The van der Waals surface area contributed by atoms with Gasteiger partial charge in [0.1, 0.15) is 0 Å². The molecule has 8 heteroatoms. The van der Waals surface area contributed by atoms with Crippen molar-refractivity contribution in [2.75, 3.05) is 11.1 Å². The molecule has 5 nitrogen and oxygen atoms in total. The van der Waals surface area contributed by atoms with Crippen molar-refractivity contribution in [3.8, 4) is 11.5 Å². The number of nitrogens with zero attached hydrogens (tertiary/aromatic N) is 2. The molecule has 1 N–H and O–H groups in total. The number of hydrogen-bond donors (Lipinski definition) is 1. The third-order valence-corrected chi connectivity index (χ3v) is 5.00. The Morgan fingerprint density at radius 1 is 1.00 bits per heavy atom. The lowest BCUT2D eigenvalue weighted by atomic mass is 10.2. The number of rotatable bonds is 7. The van der Waals surface area contributed by atoms with Crippen molar-refractivity contribution in [1.82, 2.24) is 10.2 Å². The Kier molecular flexibility index (Phi) is 6.55. The number of anilines is 1. The molecule has 1 heterocycles. The topological polar surface area (TPSA) is 68.0 Å². The van der Waals surface area contributed by atoms with Crippen LogP contribution in [0.25, 0.3) is 11.5 Å². The molecule has 2 aromatic carbocycles.